The van der Waals surface area contributed by atoms with Crippen molar-refractivity contribution < 1.29 is 14.6 Å². The highest BCUT2D eigenvalue weighted by molar-refractivity contribution is 6.02. The lowest BCUT2D eigenvalue weighted by Gasteiger charge is -2.32. The molecule has 1 aliphatic rings. The lowest BCUT2D eigenvalue weighted by atomic mass is 10.0. The monoisotopic (exact) mass is 307 g/mol. The van der Waals surface area contributed by atoms with Crippen molar-refractivity contribution in [1.82, 2.24) is 4.90 Å². The molecule has 0 unspecified atom stereocenters. The van der Waals surface area contributed by atoms with Crippen LogP contribution in [0, 0.1) is 12.3 Å². The third-order valence-electron chi connectivity index (χ3n) is 3.10. The fourth-order valence-electron chi connectivity index (χ4n) is 2.03. The van der Waals surface area contributed by atoms with Crippen LogP contribution in [0.15, 0.2) is 16.3 Å². The van der Waals surface area contributed by atoms with Gasteiger partial charge >= 0.3 is 6.09 Å². The second-order valence-electron chi connectivity index (χ2n) is 6.10. The SMILES string of the molecule is C#CCCN=C(CO)C1=C(N)CCN(C(=O)OC(C)(C)C)C1. The standard InChI is InChI=1S/C16H25N3O3/c1-5-6-8-18-14(11-20)12-10-19(9-7-13(12)17)15(21)22-16(2,3)4/h1,20H,6-11,17H2,2-4H3. The molecule has 22 heavy (non-hydrogen) atoms. The highest BCUT2D eigenvalue weighted by Crippen LogP contribution is 2.19. The molecule has 0 aromatic rings. The average Bonchev–Trinajstić information content (AvgIpc) is 2.43. The van der Waals surface area contributed by atoms with Crippen molar-refractivity contribution in [2.75, 3.05) is 26.2 Å². The van der Waals surface area contributed by atoms with Crippen LogP contribution in [0.4, 0.5) is 4.79 Å². The van der Waals surface area contributed by atoms with E-state index >= 15 is 0 Å². The van der Waals surface area contributed by atoms with Crippen LogP contribution in [0.25, 0.3) is 0 Å². The van der Waals surface area contributed by atoms with Gasteiger partial charge in [-0.05, 0) is 20.8 Å². The summed E-state index contributed by atoms with van der Waals surface area (Å²) in [5.41, 5.74) is 7.29. The van der Waals surface area contributed by atoms with E-state index in [-0.39, 0.29) is 13.2 Å². The lowest BCUT2D eigenvalue weighted by Crippen LogP contribution is -2.43. The van der Waals surface area contributed by atoms with Crippen LogP contribution < -0.4 is 5.73 Å². The zero-order chi connectivity index (χ0) is 16.8. The molecule has 122 valence electrons. The van der Waals surface area contributed by atoms with E-state index in [1.165, 1.54) is 0 Å². The number of terminal acetylenes is 1. The summed E-state index contributed by atoms with van der Waals surface area (Å²) < 4.78 is 5.37. The molecule has 6 heteroatoms. The molecule has 0 bridgehead atoms. The van der Waals surface area contributed by atoms with Gasteiger partial charge in [0.05, 0.1) is 25.4 Å². The first kappa shape index (κ1) is 18.1. The van der Waals surface area contributed by atoms with Gasteiger partial charge < -0.3 is 20.5 Å². The minimum absolute atomic E-state index is 0.233. The number of aliphatic hydroxyl groups is 1. The number of aliphatic imine (C=N–C) groups is 1. The fourth-order valence-corrected chi connectivity index (χ4v) is 2.03. The van der Waals surface area contributed by atoms with Crippen LogP contribution in [0.5, 0.6) is 0 Å². The van der Waals surface area contributed by atoms with Gasteiger partial charge in [-0.15, -0.1) is 12.3 Å². The van der Waals surface area contributed by atoms with E-state index in [4.69, 9.17) is 16.9 Å². The first-order valence-corrected chi connectivity index (χ1v) is 7.32. The first-order valence-electron chi connectivity index (χ1n) is 7.32. The largest absolute Gasteiger partial charge is 0.444 e. The van der Waals surface area contributed by atoms with Crippen LogP contribution in [-0.2, 0) is 4.74 Å². The Bertz CT molecular complexity index is 510. The number of aliphatic hydroxyl groups excluding tert-OH is 1. The molecule has 0 atom stereocenters. The second kappa shape index (κ2) is 7.85. The number of rotatable bonds is 4. The average molecular weight is 307 g/mol. The Balaban J connectivity index is 2.84. The number of ether oxygens (including phenoxy) is 1. The normalized spacial score (nSPS) is 16.5. The van der Waals surface area contributed by atoms with Crippen molar-refractivity contribution in [2.45, 2.75) is 39.2 Å². The fraction of sp³-hybridized carbons (Fsp3) is 0.625. The van der Waals surface area contributed by atoms with E-state index in [0.29, 0.717) is 42.9 Å². The first-order chi connectivity index (χ1) is 10.3. The molecule has 0 aliphatic carbocycles. The quantitative estimate of drug-likeness (QED) is 0.465. The summed E-state index contributed by atoms with van der Waals surface area (Å²) in [4.78, 5) is 18.0. The summed E-state index contributed by atoms with van der Waals surface area (Å²) in [7, 11) is 0. The molecule has 1 aliphatic heterocycles. The number of carbonyl (C=O) groups is 1. The predicted octanol–water partition coefficient (Wildman–Crippen LogP) is 1.30. The van der Waals surface area contributed by atoms with Crippen LogP contribution in [0.1, 0.15) is 33.6 Å². The number of amides is 1. The molecule has 0 saturated heterocycles. The van der Waals surface area contributed by atoms with Gasteiger partial charge in [0, 0.05) is 30.7 Å². The van der Waals surface area contributed by atoms with Crippen LogP contribution in [0.2, 0.25) is 0 Å². The number of hydrogen-bond donors (Lipinski definition) is 2. The summed E-state index contributed by atoms with van der Waals surface area (Å²) in [5, 5.41) is 9.50. The Labute approximate surface area is 132 Å². The maximum Gasteiger partial charge on any atom is 0.410 e. The Morgan fingerprint density at radius 1 is 1.55 bits per heavy atom. The minimum atomic E-state index is -0.551. The van der Waals surface area contributed by atoms with Gasteiger partial charge in [0.25, 0.3) is 0 Å². The third-order valence-corrected chi connectivity index (χ3v) is 3.10. The summed E-state index contributed by atoms with van der Waals surface area (Å²) in [6, 6.07) is 0. The summed E-state index contributed by atoms with van der Waals surface area (Å²) in [6.45, 7) is 6.43. The van der Waals surface area contributed by atoms with E-state index in [1.54, 1.807) is 4.90 Å². The summed E-state index contributed by atoms with van der Waals surface area (Å²) >= 11 is 0. The van der Waals surface area contributed by atoms with E-state index < -0.39 is 11.7 Å². The van der Waals surface area contributed by atoms with Gasteiger partial charge in [0.2, 0.25) is 0 Å². The van der Waals surface area contributed by atoms with Crippen molar-refractivity contribution in [2.24, 2.45) is 10.7 Å². The summed E-state index contributed by atoms with van der Waals surface area (Å²) in [5.74, 6) is 2.49. The van der Waals surface area contributed by atoms with Crippen molar-refractivity contribution >= 4 is 11.8 Å². The minimum Gasteiger partial charge on any atom is -0.444 e. The molecule has 0 spiro atoms. The van der Waals surface area contributed by atoms with Crippen LogP contribution in [-0.4, -0.2) is 53.7 Å². The zero-order valence-corrected chi connectivity index (χ0v) is 13.6. The highest BCUT2D eigenvalue weighted by atomic mass is 16.6. The topological polar surface area (TPSA) is 88.2 Å². The number of nitrogens with zero attached hydrogens (tertiary/aromatic N) is 2. The molecule has 0 fully saturated rings. The number of nitrogens with two attached hydrogens (primary N) is 1. The molecular formula is C16H25N3O3. The highest BCUT2D eigenvalue weighted by Gasteiger charge is 2.27. The van der Waals surface area contributed by atoms with Crippen molar-refractivity contribution in [1.29, 1.82) is 0 Å². The third kappa shape index (κ3) is 5.41. The molecule has 3 N–H and O–H groups in total. The van der Waals surface area contributed by atoms with E-state index in [9.17, 15) is 9.90 Å². The second-order valence-corrected chi connectivity index (χ2v) is 6.10. The van der Waals surface area contributed by atoms with Gasteiger partial charge in [-0.25, -0.2) is 4.79 Å². The Morgan fingerprint density at radius 3 is 2.77 bits per heavy atom. The molecule has 1 amide bonds. The molecular weight excluding hydrogens is 282 g/mol. The van der Waals surface area contributed by atoms with Gasteiger partial charge in [0.15, 0.2) is 0 Å². The number of carbonyl (C=O) groups excluding carboxylic acids is 1. The van der Waals surface area contributed by atoms with E-state index in [2.05, 4.69) is 10.9 Å². The Kier molecular flexibility index (Phi) is 6.44. The van der Waals surface area contributed by atoms with Crippen LogP contribution in [0.3, 0.4) is 0 Å². The maximum absolute atomic E-state index is 12.1. The molecule has 0 aromatic heterocycles. The van der Waals surface area contributed by atoms with Gasteiger partial charge in [-0.3, -0.25) is 4.99 Å². The molecule has 1 rings (SSSR count). The van der Waals surface area contributed by atoms with E-state index in [1.807, 2.05) is 20.8 Å². The van der Waals surface area contributed by atoms with Crippen molar-refractivity contribution in [3.63, 3.8) is 0 Å². The van der Waals surface area contributed by atoms with Crippen molar-refractivity contribution in [3.8, 4) is 12.3 Å². The summed E-state index contributed by atoms with van der Waals surface area (Å²) in [6.07, 6.45) is 5.83. The Hall–Kier alpha value is -2.00. The Morgan fingerprint density at radius 2 is 2.23 bits per heavy atom. The van der Waals surface area contributed by atoms with Crippen molar-refractivity contribution in [3.05, 3.63) is 11.3 Å². The predicted molar refractivity (Wildman–Crippen MR) is 86.5 cm³/mol. The smallest absolute Gasteiger partial charge is 0.410 e. The number of hydrogen-bond acceptors (Lipinski definition) is 5. The zero-order valence-electron chi connectivity index (χ0n) is 13.6. The lowest BCUT2D eigenvalue weighted by molar-refractivity contribution is 0.0262. The van der Waals surface area contributed by atoms with E-state index in [0.717, 1.165) is 0 Å². The molecule has 1 heterocycles. The molecule has 0 radical (unpaired) electrons. The molecule has 0 aromatic carbocycles. The van der Waals surface area contributed by atoms with Gasteiger partial charge in [0.1, 0.15) is 5.60 Å². The van der Waals surface area contributed by atoms with Gasteiger partial charge in [-0.2, -0.15) is 0 Å². The van der Waals surface area contributed by atoms with Crippen LogP contribution >= 0.6 is 0 Å². The molecule has 6 nitrogen and oxygen atoms in total. The van der Waals surface area contributed by atoms with Gasteiger partial charge in [-0.1, -0.05) is 0 Å². The molecule has 0 saturated carbocycles. The maximum atomic E-state index is 12.1.